The average molecular weight is 369 g/mol. The second-order valence-electron chi connectivity index (χ2n) is 5.82. The number of nitrogens with one attached hydrogen (secondary N) is 2. The summed E-state index contributed by atoms with van der Waals surface area (Å²) < 4.78 is 10.1. The highest BCUT2D eigenvalue weighted by Crippen LogP contribution is 2.11. The Balaban J connectivity index is 1.68. The molecule has 0 heterocycles. The Morgan fingerprint density at radius 1 is 1.00 bits per heavy atom. The number of amides is 2. The lowest BCUT2D eigenvalue weighted by Gasteiger charge is -2.07. The van der Waals surface area contributed by atoms with Gasteiger partial charge in [0, 0.05) is 12.3 Å². The van der Waals surface area contributed by atoms with Crippen LogP contribution in [0.25, 0.3) is 0 Å². The second-order valence-corrected chi connectivity index (χ2v) is 5.82. The topological polar surface area (TPSA) is 89.0 Å². The molecule has 2 amide bonds. The lowest BCUT2D eigenvalue weighted by Crippen LogP contribution is -2.26. The molecule has 0 atom stereocenters. The molecule has 0 aliphatic heterocycles. The Kier molecular flexibility index (Phi) is 7.84. The predicted octanol–water partition coefficient (Wildman–Crippen LogP) is 3.00. The molecule has 0 saturated heterocycles. The van der Waals surface area contributed by atoms with Crippen LogP contribution in [-0.4, -0.2) is 24.8 Å². The van der Waals surface area contributed by atoms with E-state index in [-0.39, 0.29) is 18.9 Å². The third kappa shape index (κ3) is 7.60. The van der Waals surface area contributed by atoms with Gasteiger partial charge in [-0.3, -0.25) is 4.79 Å². The Morgan fingerprint density at radius 2 is 1.70 bits per heavy atom. The van der Waals surface area contributed by atoms with E-state index in [1.54, 1.807) is 38.3 Å². The summed E-state index contributed by atoms with van der Waals surface area (Å²) in [6.07, 6.45) is -0.596. The van der Waals surface area contributed by atoms with Gasteiger partial charge in [0.1, 0.15) is 12.4 Å². The zero-order chi connectivity index (χ0) is 19.5. The van der Waals surface area contributed by atoms with E-state index in [1.165, 1.54) is 0 Å². The van der Waals surface area contributed by atoms with Crippen LogP contribution in [-0.2, 0) is 22.7 Å². The highest BCUT2D eigenvalue weighted by molar-refractivity contribution is 5.99. The number of nitrogens with zero attached hydrogens (tertiary/aromatic N) is 1. The molecule has 142 valence electrons. The lowest BCUT2D eigenvalue weighted by atomic mass is 10.2. The van der Waals surface area contributed by atoms with Crippen LogP contribution in [0.3, 0.4) is 0 Å². The molecular weight excluding hydrogens is 346 g/mol. The number of methoxy groups -OCH3 is 1. The van der Waals surface area contributed by atoms with Crippen molar-refractivity contribution >= 4 is 17.7 Å². The number of hydrazone groups is 1. The maximum Gasteiger partial charge on any atom is 0.428 e. The Labute approximate surface area is 158 Å². The van der Waals surface area contributed by atoms with Crippen molar-refractivity contribution in [3.63, 3.8) is 0 Å². The lowest BCUT2D eigenvalue weighted by molar-refractivity contribution is -0.120. The quantitative estimate of drug-likeness (QED) is 0.553. The van der Waals surface area contributed by atoms with Crippen molar-refractivity contribution in [2.75, 3.05) is 7.11 Å². The number of carbonyl (C=O) groups is 2. The number of carbonyl (C=O) groups excluding carboxylic acids is 2. The molecule has 2 aromatic rings. The van der Waals surface area contributed by atoms with E-state index < -0.39 is 6.09 Å². The van der Waals surface area contributed by atoms with Crippen LogP contribution in [0.15, 0.2) is 59.7 Å². The minimum absolute atomic E-state index is 0.0889. The summed E-state index contributed by atoms with van der Waals surface area (Å²) in [7, 11) is 1.58. The third-order valence-corrected chi connectivity index (χ3v) is 3.62. The fourth-order valence-electron chi connectivity index (χ4n) is 2.17. The van der Waals surface area contributed by atoms with Gasteiger partial charge in [-0.2, -0.15) is 5.10 Å². The number of hydrogen-bond acceptors (Lipinski definition) is 5. The van der Waals surface area contributed by atoms with Gasteiger partial charge < -0.3 is 14.8 Å². The van der Waals surface area contributed by atoms with Gasteiger partial charge in [0.05, 0.1) is 13.5 Å². The Morgan fingerprint density at radius 3 is 2.37 bits per heavy atom. The van der Waals surface area contributed by atoms with E-state index in [9.17, 15) is 9.59 Å². The summed E-state index contributed by atoms with van der Waals surface area (Å²) in [6.45, 7) is 2.22. The van der Waals surface area contributed by atoms with Crippen molar-refractivity contribution in [2.24, 2.45) is 5.10 Å². The van der Waals surface area contributed by atoms with Gasteiger partial charge in [0.25, 0.3) is 0 Å². The molecule has 0 aromatic heterocycles. The number of rotatable bonds is 8. The van der Waals surface area contributed by atoms with Crippen molar-refractivity contribution in [3.8, 4) is 5.75 Å². The molecule has 2 aromatic carbocycles. The highest BCUT2D eigenvalue weighted by Gasteiger charge is 2.06. The maximum atomic E-state index is 11.9. The molecule has 0 bridgehead atoms. The molecule has 0 fully saturated rings. The molecule has 0 radical (unpaired) electrons. The largest absolute Gasteiger partial charge is 0.497 e. The summed E-state index contributed by atoms with van der Waals surface area (Å²) in [5.41, 5.74) is 4.59. The molecule has 27 heavy (non-hydrogen) atoms. The van der Waals surface area contributed by atoms with Crippen LogP contribution in [0.1, 0.15) is 24.5 Å². The van der Waals surface area contributed by atoms with E-state index in [0.29, 0.717) is 12.3 Å². The first-order valence-electron chi connectivity index (χ1n) is 8.46. The summed E-state index contributed by atoms with van der Waals surface area (Å²) >= 11 is 0. The highest BCUT2D eigenvalue weighted by atomic mass is 16.6. The first-order chi connectivity index (χ1) is 13.1. The van der Waals surface area contributed by atoms with E-state index in [1.807, 2.05) is 30.3 Å². The molecule has 0 saturated carbocycles. The van der Waals surface area contributed by atoms with Crippen molar-refractivity contribution in [1.29, 1.82) is 0 Å². The zero-order valence-corrected chi connectivity index (χ0v) is 15.4. The SMILES string of the molecule is COc1ccc(COC(=O)NN=C(C)CC(=O)NCc2ccccc2)cc1. The molecule has 0 aliphatic carbocycles. The Hall–Kier alpha value is -3.35. The average Bonchev–Trinajstić information content (AvgIpc) is 2.70. The predicted molar refractivity (Wildman–Crippen MR) is 102 cm³/mol. The maximum absolute atomic E-state index is 11.9. The molecule has 2 N–H and O–H groups in total. The number of hydrogen-bond donors (Lipinski definition) is 2. The van der Waals surface area contributed by atoms with E-state index in [4.69, 9.17) is 9.47 Å². The smallest absolute Gasteiger partial charge is 0.428 e. The van der Waals surface area contributed by atoms with Crippen molar-refractivity contribution in [1.82, 2.24) is 10.7 Å². The van der Waals surface area contributed by atoms with Crippen LogP contribution in [0.5, 0.6) is 5.75 Å². The van der Waals surface area contributed by atoms with E-state index in [2.05, 4.69) is 15.8 Å². The fraction of sp³-hybridized carbons (Fsp3) is 0.250. The summed E-state index contributed by atoms with van der Waals surface area (Å²) in [5, 5.41) is 6.67. The van der Waals surface area contributed by atoms with Gasteiger partial charge in [0.2, 0.25) is 5.91 Å². The minimum atomic E-state index is -0.685. The van der Waals surface area contributed by atoms with E-state index in [0.717, 1.165) is 16.9 Å². The minimum Gasteiger partial charge on any atom is -0.497 e. The molecular formula is C20H23N3O4. The van der Waals surface area contributed by atoms with Gasteiger partial charge in [-0.25, -0.2) is 10.2 Å². The van der Waals surface area contributed by atoms with Crippen LogP contribution in [0.4, 0.5) is 4.79 Å². The van der Waals surface area contributed by atoms with Crippen LogP contribution >= 0.6 is 0 Å². The normalized spacial score (nSPS) is 10.8. The molecule has 7 heteroatoms. The Bertz CT molecular complexity index is 774. The van der Waals surface area contributed by atoms with Crippen LogP contribution in [0, 0.1) is 0 Å². The van der Waals surface area contributed by atoms with Crippen molar-refractivity contribution in [3.05, 3.63) is 65.7 Å². The van der Waals surface area contributed by atoms with Gasteiger partial charge >= 0.3 is 6.09 Å². The number of ether oxygens (including phenoxy) is 2. The van der Waals surface area contributed by atoms with Gasteiger partial charge in [0.15, 0.2) is 0 Å². The van der Waals surface area contributed by atoms with E-state index >= 15 is 0 Å². The zero-order valence-electron chi connectivity index (χ0n) is 15.4. The van der Waals surface area contributed by atoms with Gasteiger partial charge in [-0.1, -0.05) is 42.5 Å². The molecule has 2 rings (SSSR count). The van der Waals surface area contributed by atoms with Gasteiger partial charge in [-0.15, -0.1) is 0 Å². The summed E-state index contributed by atoms with van der Waals surface area (Å²) in [6, 6.07) is 16.8. The monoisotopic (exact) mass is 369 g/mol. The van der Waals surface area contributed by atoms with Gasteiger partial charge in [-0.05, 0) is 30.2 Å². The number of benzene rings is 2. The summed E-state index contributed by atoms with van der Waals surface area (Å²) in [4.78, 5) is 23.6. The van der Waals surface area contributed by atoms with Crippen LogP contribution in [0.2, 0.25) is 0 Å². The standard InChI is InChI=1S/C20H23N3O4/c1-15(12-19(24)21-13-16-6-4-3-5-7-16)22-23-20(25)27-14-17-8-10-18(26-2)11-9-17/h3-11H,12-14H2,1-2H3,(H,21,24)(H,23,25). The van der Waals surface area contributed by atoms with Crippen LogP contribution < -0.4 is 15.5 Å². The molecule has 0 unspecified atom stereocenters. The molecule has 0 spiro atoms. The second kappa shape index (κ2) is 10.6. The molecule has 0 aliphatic rings. The fourth-order valence-corrected chi connectivity index (χ4v) is 2.17. The first kappa shape index (κ1) is 20.0. The van der Waals surface area contributed by atoms with Crippen molar-refractivity contribution < 1.29 is 19.1 Å². The third-order valence-electron chi connectivity index (χ3n) is 3.62. The van der Waals surface area contributed by atoms with Crippen molar-refractivity contribution in [2.45, 2.75) is 26.5 Å². The summed E-state index contributed by atoms with van der Waals surface area (Å²) in [5.74, 6) is 0.558. The molecule has 7 nitrogen and oxygen atoms in total. The first-order valence-corrected chi connectivity index (χ1v) is 8.46.